The van der Waals surface area contributed by atoms with Crippen molar-refractivity contribution in [2.75, 3.05) is 31.7 Å². The van der Waals surface area contributed by atoms with Crippen LogP contribution in [0, 0.1) is 5.92 Å². The van der Waals surface area contributed by atoms with Crippen LogP contribution in [0.2, 0.25) is 0 Å². The van der Waals surface area contributed by atoms with Crippen LogP contribution < -0.4 is 9.64 Å². The summed E-state index contributed by atoms with van der Waals surface area (Å²) in [4.78, 5) is 36.6. The molecule has 0 bridgehead atoms. The van der Waals surface area contributed by atoms with E-state index in [1.807, 2.05) is 0 Å². The van der Waals surface area contributed by atoms with Crippen LogP contribution in [-0.4, -0.2) is 65.7 Å². The lowest BCUT2D eigenvalue weighted by Gasteiger charge is -2.38. The SMILES string of the molecule is CCOC(=O)[C@@H]1CC1c1ccc(OC)c(-c2cnc(N3CC(F)(F)C3)nc2CN2C(=O)O[C@H](c3cc(C(F)(F)F)cc(C(F)(F)F)c3)[C@@H]2C)c1. The first-order chi connectivity index (χ1) is 23.4. The van der Waals surface area contributed by atoms with Crippen molar-refractivity contribution in [3.63, 3.8) is 0 Å². The Kier molecular flexibility index (Phi) is 8.83. The van der Waals surface area contributed by atoms with Crippen LogP contribution >= 0.6 is 0 Å². The molecule has 0 N–H and O–H groups in total. The smallest absolute Gasteiger partial charge is 0.416 e. The number of methoxy groups -OCH3 is 1. The fourth-order valence-electron chi connectivity index (χ4n) is 6.26. The van der Waals surface area contributed by atoms with Crippen molar-refractivity contribution < 1.29 is 58.9 Å². The molecule has 17 heteroatoms. The summed E-state index contributed by atoms with van der Waals surface area (Å²) in [7, 11) is 1.41. The minimum absolute atomic E-state index is 0.0190. The first-order valence-electron chi connectivity index (χ1n) is 15.5. The van der Waals surface area contributed by atoms with Gasteiger partial charge in [-0.2, -0.15) is 26.3 Å². The molecule has 6 rings (SSSR count). The number of alkyl halides is 8. The maximum atomic E-state index is 13.8. The number of cyclic esters (lactones) is 1. The average molecular weight is 715 g/mol. The predicted molar refractivity (Wildman–Crippen MR) is 159 cm³/mol. The largest absolute Gasteiger partial charge is 0.496 e. The Hall–Kier alpha value is -4.70. The molecule has 0 radical (unpaired) electrons. The van der Waals surface area contributed by atoms with Gasteiger partial charge in [-0.3, -0.25) is 9.69 Å². The van der Waals surface area contributed by atoms with Crippen molar-refractivity contribution in [1.82, 2.24) is 14.9 Å². The first-order valence-corrected chi connectivity index (χ1v) is 15.5. The number of carbonyl (C=O) groups excluding carboxylic acids is 2. The van der Waals surface area contributed by atoms with Gasteiger partial charge < -0.3 is 19.1 Å². The van der Waals surface area contributed by atoms with E-state index in [1.54, 1.807) is 25.1 Å². The molecule has 4 atom stereocenters. The maximum Gasteiger partial charge on any atom is 0.416 e. The standard InChI is InChI=1S/C33H30F8N4O5/c1-4-49-28(46)23-11-21(23)17-5-6-26(48-3)22(9-17)24-12-42-29(44-14-31(34,35)15-44)43-25(24)13-45-16(2)27(50-30(45)47)18-7-19(32(36,37)38)10-20(8-18)33(39,40)41/h5-10,12,16,21,23,27H,4,11,13-15H2,1-3H3/t16-,21?,23+,27-/m0/s1. The maximum absolute atomic E-state index is 13.8. The van der Waals surface area contributed by atoms with Gasteiger partial charge in [0, 0.05) is 17.3 Å². The van der Waals surface area contributed by atoms with Crippen molar-refractivity contribution in [3.8, 4) is 16.9 Å². The molecule has 3 heterocycles. The van der Waals surface area contributed by atoms with Crippen molar-refractivity contribution >= 4 is 18.0 Å². The van der Waals surface area contributed by atoms with E-state index in [1.165, 1.54) is 25.1 Å². The van der Waals surface area contributed by atoms with Gasteiger partial charge in [0.1, 0.15) is 11.9 Å². The number of esters is 1. The molecule has 50 heavy (non-hydrogen) atoms. The molecule has 2 aliphatic heterocycles. The zero-order valence-corrected chi connectivity index (χ0v) is 26.7. The molecular weight excluding hydrogens is 684 g/mol. The number of anilines is 1. The van der Waals surface area contributed by atoms with Gasteiger partial charge in [0.25, 0.3) is 5.92 Å². The second-order valence-corrected chi connectivity index (χ2v) is 12.4. The number of hydrogen-bond donors (Lipinski definition) is 0. The quantitative estimate of drug-likeness (QED) is 0.167. The van der Waals surface area contributed by atoms with Crippen LogP contribution in [0.5, 0.6) is 5.75 Å². The third-order valence-corrected chi connectivity index (χ3v) is 8.95. The monoisotopic (exact) mass is 714 g/mol. The summed E-state index contributed by atoms with van der Waals surface area (Å²) in [5, 5.41) is 0. The highest BCUT2D eigenvalue weighted by Crippen LogP contribution is 2.50. The third-order valence-electron chi connectivity index (χ3n) is 8.95. The van der Waals surface area contributed by atoms with Crippen LogP contribution in [0.3, 0.4) is 0 Å². The second kappa shape index (κ2) is 12.6. The zero-order valence-electron chi connectivity index (χ0n) is 26.7. The number of aromatic nitrogens is 2. The molecule has 3 fully saturated rings. The number of rotatable bonds is 9. The lowest BCUT2D eigenvalue weighted by atomic mass is 9.96. The molecule has 1 saturated carbocycles. The number of halogens is 8. The van der Waals surface area contributed by atoms with Gasteiger partial charge in [-0.25, -0.2) is 23.5 Å². The van der Waals surface area contributed by atoms with Crippen molar-refractivity contribution in [2.24, 2.45) is 5.92 Å². The number of benzene rings is 2. The highest BCUT2D eigenvalue weighted by atomic mass is 19.4. The molecule has 2 aromatic carbocycles. The van der Waals surface area contributed by atoms with Crippen LogP contribution in [0.4, 0.5) is 45.9 Å². The Morgan fingerprint density at radius 1 is 1.00 bits per heavy atom. The van der Waals surface area contributed by atoms with Gasteiger partial charge in [0.15, 0.2) is 0 Å². The van der Waals surface area contributed by atoms with Gasteiger partial charge in [-0.05, 0) is 67.6 Å². The molecule has 1 unspecified atom stereocenters. The summed E-state index contributed by atoms with van der Waals surface area (Å²) in [5.41, 5.74) is -2.04. The van der Waals surface area contributed by atoms with Crippen molar-refractivity contribution in [1.29, 1.82) is 0 Å². The third kappa shape index (κ3) is 6.86. The summed E-state index contributed by atoms with van der Waals surface area (Å²) >= 11 is 0. The average Bonchev–Trinajstić information content (AvgIpc) is 3.79. The summed E-state index contributed by atoms with van der Waals surface area (Å²) in [6, 6.07) is 5.07. The number of carbonyl (C=O) groups is 2. The molecule has 0 spiro atoms. The Morgan fingerprint density at radius 2 is 1.66 bits per heavy atom. The van der Waals surface area contributed by atoms with Crippen LogP contribution in [0.25, 0.3) is 11.1 Å². The van der Waals surface area contributed by atoms with Gasteiger partial charge in [-0.1, -0.05) is 6.07 Å². The Balaban J connectivity index is 1.37. The zero-order chi connectivity index (χ0) is 36.3. The van der Waals surface area contributed by atoms with Gasteiger partial charge in [0.2, 0.25) is 5.95 Å². The molecule has 1 aromatic heterocycles. The molecule has 3 aliphatic rings. The lowest BCUT2D eigenvalue weighted by molar-refractivity contribution is -0.145. The van der Waals surface area contributed by atoms with E-state index in [0.717, 1.165) is 10.5 Å². The normalized spacial score (nSPS) is 23.0. The fraction of sp³-hybridized carbons (Fsp3) is 0.455. The first kappa shape index (κ1) is 35.1. The van der Waals surface area contributed by atoms with Gasteiger partial charge in [0.05, 0.1) is 62.1 Å². The molecule has 2 saturated heterocycles. The van der Waals surface area contributed by atoms with Crippen LogP contribution in [0.1, 0.15) is 60.2 Å². The molecular formula is C33H30F8N4O5. The summed E-state index contributed by atoms with van der Waals surface area (Å²) < 4.78 is 125. The minimum atomic E-state index is -5.12. The highest BCUT2D eigenvalue weighted by Gasteiger charge is 2.47. The van der Waals surface area contributed by atoms with Gasteiger partial charge >= 0.3 is 24.4 Å². The van der Waals surface area contributed by atoms with Crippen LogP contribution in [0.15, 0.2) is 42.6 Å². The van der Waals surface area contributed by atoms with Crippen molar-refractivity contribution in [2.45, 2.75) is 63.2 Å². The van der Waals surface area contributed by atoms with Crippen molar-refractivity contribution in [3.05, 3.63) is 70.5 Å². The van der Waals surface area contributed by atoms with E-state index in [0.29, 0.717) is 35.4 Å². The minimum Gasteiger partial charge on any atom is -0.496 e. The number of amides is 1. The number of nitrogens with zero attached hydrogens (tertiary/aromatic N) is 4. The van der Waals surface area contributed by atoms with E-state index >= 15 is 0 Å². The molecule has 268 valence electrons. The summed E-state index contributed by atoms with van der Waals surface area (Å²) in [5.74, 6) is -3.57. The van der Waals surface area contributed by atoms with E-state index in [9.17, 15) is 44.7 Å². The van der Waals surface area contributed by atoms with E-state index < -0.39 is 66.3 Å². The Morgan fingerprint density at radius 3 is 2.24 bits per heavy atom. The Labute approximate surface area is 280 Å². The van der Waals surface area contributed by atoms with E-state index in [4.69, 9.17) is 14.2 Å². The predicted octanol–water partition coefficient (Wildman–Crippen LogP) is 7.39. The Bertz CT molecular complexity index is 1780. The number of ether oxygens (including phenoxy) is 3. The molecule has 3 aromatic rings. The second-order valence-electron chi connectivity index (χ2n) is 12.4. The molecule has 1 amide bonds. The molecule has 1 aliphatic carbocycles. The lowest BCUT2D eigenvalue weighted by Crippen LogP contribution is -2.57. The topological polar surface area (TPSA) is 94.1 Å². The molecule has 9 nitrogen and oxygen atoms in total. The van der Waals surface area contributed by atoms with E-state index in [2.05, 4.69) is 9.97 Å². The highest BCUT2D eigenvalue weighted by molar-refractivity contribution is 5.79. The summed E-state index contributed by atoms with van der Waals surface area (Å²) in [6.07, 6.45) is -10.9. The number of hydrogen-bond acceptors (Lipinski definition) is 8. The van der Waals surface area contributed by atoms with E-state index in [-0.39, 0.29) is 48.7 Å². The van der Waals surface area contributed by atoms with Crippen LogP contribution in [-0.2, 0) is 33.2 Å². The van der Waals surface area contributed by atoms with Gasteiger partial charge in [-0.15, -0.1) is 0 Å². The summed E-state index contributed by atoms with van der Waals surface area (Å²) in [6.45, 7) is 1.60. The fourth-order valence-corrected chi connectivity index (χ4v) is 6.26.